The van der Waals surface area contributed by atoms with Crippen molar-refractivity contribution in [2.45, 2.75) is 251 Å². The number of phosphoric ester groups is 1. The fraction of sp³-hybridized carbons (Fsp3) is 0.920. The molecule has 0 aliphatic carbocycles. The van der Waals surface area contributed by atoms with Crippen molar-refractivity contribution in [1.29, 1.82) is 0 Å². The minimum absolute atomic E-state index is 0.0287. The molecular formula is C50H98NO8P. The number of carbonyl (C=O) groups excluding carboxylic acids is 2. The van der Waals surface area contributed by atoms with Crippen LogP contribution in [-0.4, -0.2) is 70.0 Å². The Hall–Kier alpha value is -1.25. The summed E-state index contributed by atoms with van der Waals surface area (Å²) < 4.78 is 34.0. The molecule has 0 aliphatic rings. The molecule has 60 heavy (non-hydrogen) atoms. The summed E-state index contributed by atoms with van der Waals surface area (Å²) in [5.74, 6) is -0.831. The van der Waals surface area contributed by atoms with E-state index in [0.29, 0.717) is 17.4 Å². The number of unbranched alkanes of at least 4 members (excludes halogenated alkanes) is 31. The van der Waals surface area contributed by atoms with Gasteiger partial charge in [0.2, 0.25) is 0 Å². The van der Waals surface area contributed by atoms with Crippen LogP contribution in [0.1, 0.15) is 245 Å². The number of allylic oxidation sites excluding steroid dienone is 2. The molecule has 0 bridgehead atoms. The minimum Gasteiger partial charge on any atom is -0.756 e. The predicted molar refractivity (Wildman–Crippen MR) is 250 cm³/mol. The smallest absolute Gasteiger partial charge is 0.306 e. The first kappa shape index (κ1) is 58.8. The molecule has 0 saturated carbocycles. The molecule has 10 heteroatoms. The van der Waals surface area contributed by atoms with Gasteiger partial charge in [0.25, 0.3) is 7.82 Å². The lowest BCUT2D eigenvalue weighted by Crippen LogP contribution is -2.37. The summed E-state index contributed by atoms with van der Waals surface area (Å²) in [7, 11) is 1.17. The Morgan fingerprint density at radius 1 is 0.500 bits per heavy atom. The van der Waals surface area contributed by atoms with E-state index in [0.717, 1.165) is 51.4 Å². The topological polar surface area (TPSA) is 111 Å². The lowest BCUT2D eigenvalue weighted by molar-refractivity contribution is -0.870. The summed E-state index contributed by atoms with van der Waals surface area (Å²) in [6.07, 6.45) is 46.8. The zero-order valence-electron chi connectivity index (χ0n) is 40.2. The van der Waals surface area contributed by atoms with Crippen molar-refractivity contribution in [3.63, 3.8) is 0 Å². The van der Waals surface area contributed by atoms with Gasteiger partial charge in [-0.15, -0.1) is 0 Å². The molecule has 0 aromatic heterocycles. The monoisotopic (exact) mass is 872 g/mol. The number of carbonyl (C=O) groups is 2. The molecule has 0 rings (SSSR count). The zero-order chi connectivity index (χ0) is 44.3. The maximum atomic E-state index is 12.7. The molecule has 0 aliphatic heterocycles. The molecule has 0 fully saturated rings. The number of phosphoric acid groups is 1. The quantitative estimate of drug-likeness (QED) is 0.0195. The van der Waals surface area contributed by atoms with Crippen LogP contribution in [0.5, 0.6) is 0 Å². The third-order valence-corrected chi connectivity index (χ3v) is 12.2. The molecule has 2 atom stereocenters. The lowest BCUT2D eigenvalue weighted by Gasteiger charge is -2.28. The second-order valence-corrected chi connectivity index (χ2v) is 20.0. The van der Waals surface area contributed by atoms with Gasteiger partial charge in [-0.3, -0.25) is 14.2 Å². The maximum absolute atomic E-state index is 12.7. The first-order valence-electron chi connectivity index (χ1n) is 25.4. The lowest BCUT2D eigenvalue weighted by atomic mass is 10.0. The van der Waals surface area contributed by atoms with Crippen LogP contribution >= 0.6 is 7.82 Å². The molecule has 0 saturated heterocycles. The van der Waals surface area contributed by atoms with Gasteiger partial charge in [-0.05, 0) is 38.5 Å². The Morgan fingerprint density at radius 2 is 0.850 bits per heavy atom. The van der Waals surface area contributed by atoms with Crippen LogP contribution in [0, 0.1) is 0 Å². The van der Waals surface area contributed by atoms with E-state index in [1.165, 1.54) is 161 Å². The second-order valence-electron chi connectivity index (χ2n) is 18.5. The van der Waals surface area contributed by atoms with Gasteiger partial charge in [0.15, 0.2) is 6.10 Å². The van der Waals surface area contributed by atoms with E-state index in [1.54, 1.807) is 0 Å². The van der Waals surface area contributed by atoms with Gasteiger partial charge in [-0.25, -0.2) is 0 Å². The number of likely N-dealkylation sites (N-methyl/N-ethyl adjacent to an activating group) is 1. The van der Waals surface area contributed by atoms with Crippen LogP contribution in [-0.2, 0) is 32.7 Å². The van der Waals surface area contributed by atoms with Crippen LogP contribution < -0.4 is 4.89 Å². The van der Waals surface area contributed by atoms with Crippen LogP contribution in [0.2, 0.25) is 0 Å². The van der Waals surface area contributed by atoms with E-state index in [9.17, 15) is 19.0 Å². The molecule has 356 valence electrons. The summed E-state index contributed by atoms with van der Waals surface area (Å²) in [5.41, 5.74) is 0. The third kappa shape index (κ3) is 46.3. The number of ether oxygens (including phenoxy) is 2. The van der Waals surface area contributed by atoms with E-state index in [1.807, 2.05) is 21.1 Å². The summed E-state index contributed by atoms with van der Waals surface area (Å²) in [5, 5.41) is 0. The van der Waals surface area contributed by atoms with E-state index in [-0.39, 0.29) is 32.0 Å². The highest BCUT2D eigenvalue weighted by atomic mass is 31.2. The van der Waals surface area contributed by atoms with Crippen molar-refractivity contribution in [1.82, 2.24) is 0 Å². The van der Waals surface area contributed by atoms with Crippen molar-refractivity contribution in [2.75, 3.05) is 47.5 Å². The molecule has 0 spiro atoms. The minimum atomic E-state index is -4.62. The van der Waals surface area contributed by atoms with Crippen LogP contribution in [0.4, 0.5) is 0 Å². The summed E-state index contributed by atoms with van der Waals surface area (Å²) in [6, 6.07) is 0. The van der Waals surface area contributed by atoms with E-state index >= 15 is 0 Å². The molecular weight excluding hydrogens is 774 g/mol. The SMILES string of the molecule is CCCCCC/C=C/CCCCCCCC(=O)OC[C@H](COP(=O)([O-])OCC[N+](C)(C)C)OC(=O)CCCCCCCCCCCCCCCCCCCCCCCCC. The fourth-order valence-corrected chi connectivity index (χ4v) is 8.03. The van der Waals surface area contributed by atoms with Crippen molar-refractivity contribution in [3.8, 4) is 0 Å². The summed E-state index contributed by atoms with van der Waals surface area (Å²) >= 11 is 0. The first-order chi connectivity index (χ1) is 29.0. The number of esters is 2. The highest BCUT2D eigenvalue weighted by molar-refractivity contribution is 7.45. The zero-order valence-corrected chi connectivity index (χ0v) is 41.1. The number of hydrogen-bond acceptors (Lipinski definition) is 8. The van der Waals surface area contributed by atoms with Crippen LogP contribution in [0.15, 0.2) is 12.2 Å². The fourth-order valence-electron chi connectivity index (χ4n) is 7.30. The average Bonchev–Trinajstić information content (AvgIpc) is 3.20. The van der Waals surface area contributed by atoms with Crippen molar-refractivity contribution in [2.24, 2.45) is 0 Å². The highest BCUT2D eigenvalue weighted by Crippen LogP contribution is 2.38. The molecule has 0 N–H and O–H groups in total. The van der Waals surface area contributed by atoms with Gasteiger partial charge in [0.05, 0.1) is 27.7 Å². The predicted octanol–water partition coefficient (Wildman–Crippen LogP) is 14.3. The molecule has 9 nitrogen and oxygen atoms in total. The van der Waals surface area contributed by atoms with Gasteiger partial charge in [0, 0.05) is 12.8 Å². The largest absolute Gasteiger partial charge is 0.756 e. The number of hydrogen-bond donors (Lipinski definition) is 0. The Labute approximate surface area is 371 Å². The van der Waals surface area contributed by atoms with Crippen molar-refractivity contribution in [3.05, 3.63) is 12.2 Å². The number of nitrogens with zero attached hydrogens (tertiary/aromatic N) is 1. The average molecular weight is 872 g/mol. The van der Waals surface area contributed by atoms with E-state index in [4.69, 9.17) is 18.5 Å². The Bertz CT molecular complexity index is 1030. The van der Waals surface area contributed by atoms with Gasteiger partial charge >= 0.3 is 11.9 Å². The highest BCUT2D eigenvalue weighted by Gasteiger charge is 2.21. The Morgan fingerprint density at radius 3 is 1.25 bits per heavy atom. The van der Waals surface area contributed by atoms with Crippen molar-refractivity contribution < 1.29 is 42.1 Å². The normalized spacial score (nSPS) is 13.5. The molecule has 0 amide bonds. The van der Waals surface area contributed by atoms with Crippen LogP contribution in [0.25, 0.3) is 0 Å². The van der Waals surface area contributed by atoms with Crippen LogP contribution in [0.3, 0.4) is 0 Å². The van der Waals surface area contributed by atoms with Crippen molar-refractivity contribution >= 4 is 19.8 Å². The summed E-state index contributed by atoms with van der Waals surface area (Å²) in [4.78, 5) is 37.6. The molecule has 0 aromatic carbocycles. The number of rotatable bonds is 47. The van der Waals surface area contributed by atoms with E-state index in [2.05, 4.69) is 26.0 Å². The molecule has 0 heterocycles. The molecule has 0 radical (unpaired) electrons. The Kier molecular flexibility index (Phi) is 42.1. The summed E-state index contributed by atoms with van der Waals surface area (Å²) in [6.45, 7) is 4.25. The third-order valence-electron chi connectivity index (χ3n) is 11.3. The standard InChI is InChI=1S/C50H98NO8P/c1-6-8-10-12-14-16-18-20-21-22-23-24-25-26-27-28-29-31-33-35-37-39-41-43-50(53)59-48(47-58-60(54,55)57-45-44-51(3,4)5)46-56-49(52)42-40-38-36-34-32-30-19-17-15-13-11-9-7-2/h17,19,48H,6-16,18,20-47H2,1-5H3/b19-17+/t48-/m1/s1. The Balaban J connectivity index is 4.17. The number of quaternary nitrogens is 1. The molecule has 0 aromatic rings. The maximum Gasteiger partial charge on any atom is 0.306 e. The van der Waals surface area contributed by atoms with Gasteiger partial charge in [-0.1, -0.05) is 206 Å². The van der Waals surface area contributed by atoms with Gasteiger partial charge in [-0.2, -0.15) is 0 Å². The second kappa shape index (κ2) is 43.0. The van der Waals surface area contributed by atoms with Gasteiger partial charge in [0.1, 0.15) is 19.8 Å². The first-order valence-corrected chi connectivity index (χ1v) is 26.9. The molecule has 1 unspecified atom stereocenters. The van der Waals surface area contributed by atoms with Gasteiger partial charge < -0.3 is 27.9 Å². The van der Waals surface area contributed by atoms with E-state index < -0.39 is 26.5 Å².